The maximum atomic E-state index is 12.9. The molecule has 0 aromatic rings. The maximum absolute atomic E-state index is 12.9. The van der Waals surface area contributed by atoms with E-state index in [2.05, 4.69) is 33.8 Å². The van der Waals surface area contributed by atoms with E-state index in [0.717, 1.165) is 45.2 Å². The Morgan fingerprint density at radius 3 is 2.10 bits per heavy atom. The molecule has 0 atom stereocenters. The van der Waals surface area contributed by atoms with E-state index in [1.54, 1.807) is 0 Å². The smallest absolute Gasteiger partial charge is 0.243 e. The summed E-state index contributed by atoms with van der Waals surface area (Å²) in [5, 5.41) is 9.62. The first-order valence-electron chi connectivity index (χ1n) is 8.23. The second-order valence-corrected chi connectivity index (χ2v) is 6.38. The fourth-order valence-electron chi connectivity index (χ4n) is 3.59. The first-order valence-corrected chi connectivity index (χ1v) is 8.23. The zero-order valence-corrected chi connectivity index (χ0v) is 13.7. The molecule has 1 saturated heterocycles. The minimum Gasteiger partial charge on any atom is -0.341 e. The number of hydrogen-bond acceptors (Lipinski definition) is 2. The topological polar surface area (TPSA) is 44.1 Å². The number of likely N-dealkylation sites (tertiary alicyclic amines) is 1. The van der Waals surface area contributed by atoms with Crippen LogP contribution in [-0.4, -0.2) is 23.9 Å². The zero-order chi connectivity index (χ0) is 15.2. The van der Waals surface area contributed by atoms with Gasteiger partial charge in [-0.1, -0.05) is 40.5 Å². The highest BCUT2D eigenvalue weighted by Crippen LogP contribution is 2.40. The number of nitrogens with zero attached hydrogens (tertiary/aromatic N) is 2. The van der Waals surface area contributed by atoms with Gasteiger partial charge in [-0.2, -0.15) is 5.26 Å². The van der Waals surface area contributed by atoms with E-state index in [-0.39, 0.29) is 11.3 Å². The van der Waals surface area contributed by atoms with Crippen LogP contribution in [0.25, 0.3) is 0 Å². The van der Waals surface area contributed by atoms with E-state index in [1.807, 2.05) is 4.90 Å². The lowest BCUT2D eigenvalue weighted by atomic mass is 9.79. The number of carbonyl (C=O) groups is 1. The van der Waals surface area contributed by atoms with Crippen LogP contribution in [0.4, 0.5) is 0 Å². The van der Waals surface area contributed by atoms with Crippen LogP contribution in [0.2, 0.25) is 0 Å². The van der Waals surface area contributed by atoms with Crippen LogP contribution in [0.5, 0.6) is 0 Å². The fourth-order valence-corrected chi connectivity index (χ4v) is 3.59. The van der Waals surface area contributed by atoms with Crippen LogP contribution in [0.15, 0.2) is 0 Å². The maximum Gasteiger partial charge on any atom is 0.243 e. The van der Waals surface area contributed by atoms with Crippen molar-refractivity contribution in [2.24, 2.45) is 10.8 Å². The predicted octanol–water partition coefficient (Wildman–Crippen LogP) is 4.14. The van der Waals surface area contributed by atoms with Crippen molar-refractivity contribution < 1.29 is 4.79 Å². The molecule has 0 unspecified atom stereocenters. The minimum absolute atomic E-state index is 0.0903. The van der Waals surface area contributed by atoms with E-state index in [1.165, 1.54) is 0 Å². The summed E-state index contributed by atoms with van der Waals surface area (Å²) < 4.78 is 0. The zero-order valence-electron chi connectivity index (χ0n) is 13.7. The Labute approximate surface area is 124 Å². The number of amides is 1. The molecule has 0 saturated carbocycles. The molecule has 1 heterocycles. The largest absolute Gasteiger partial charge is 0.341 e. The molecule has 1 rings (SSSR count). The summed E-state index contributed by atoms with van der Waals surface area (Å²) in [6.07, 6.45) is 6.49. The molecule has 0 spiro atoms. The highest BCUT2D eigenvalue weighted by Gasteiger charge is 2.45. The van der Waals surface area contributed by atoms with Gasteiger partial charge in [0.05, 0.1) is 6.07 Å². The molecule has 1 aliphatic rings. The second-order valence-electron chi connectivity index (χ2n) is 6.38. The van der Waals surface area contributed by atoms with Gasteiger partial charge in [-0.3, -0.25) is 4.79 Å². The fraction of sp³-hybridized carbons (Fsp3) is 0.882. The standard InChI is InChI=1S/C17H30N2O/c1-5-9-17(13-18,10-6-2)15(20)19-12-11-16(7-3,8-4)14-19/h5-12,14H2,1-4H3. The highest BCUT2D eigenvalue weighted by atomic mass is 16.2. The van der Waals surface area contributed by atoms with Crippen molar-refractivity contribution in [3.05, 3.63) is 0 Å². The van der Waals surface area contributed by atoms with E-state index in [0.29, 0.717) is 12.8 Å². The molecule has 0 bridgehead atoms. The molecular weight excluding hydrogens is 248 g/mol. The normalized spacial score (nSPS) is 18.1. The van der Waals surface area contributed by atoms with Gasteiger partial charge in [-0.25, -0.2) is 0 Å². The molecule has 114 valence electrons. The van der Waals surface area contributed by atoms with Gasteiger partial charge in [-0.15, -0.1) is 0 Å². The molecule has 0 aliphatic carbocycles. The number of carbonyl (C=O) groups excluding carboxylic acids is 1. The lowest BCUT2D eigenvalue weighted by Crippen LogP contribution is -2.43. The molecule has 1 aliphatic heterocycles. The molecule has 3 heteroatoms. The number of nitriles is 1. The Morgan fingerprint density at radius 1 is 1.20 bits per heavy atom. The molecular formula is C17H30N2O. The third-order valence-corrected chi connectivity index (χ3v) is 5.20. The van der Waals surface area contributed by atoms with Gasteiger partial charge in [-0.05, 0) is 37.5 Å². The third-order valence-electron chi connectivity index (χ3n) is 5.20. The van der Waals surface area contributed by atoms with E-state index in [4.69, 9.17) is 0 Å². The van der Waals surface area contributed by atoms with Crippen molar-refractivity contribution in [2.75, 3.05) is 13.1 Å². The summed E-state index contributed by atoms with van der Waals surface area (Å²) in [5.74, 6) is 0.0903. The average molecular weight is 278 g/mol. The predicted molar refractivity (Wildman–Crippen MR) is 82.1 cm³/mol. The van der Waals surface area contributed by atoms with Crippen molar-refractivity contribution in [1.82, 2.24) is 4.90 Å². The number of rotatable bonds is 7. The van der Waals surface area contributed by atoms with Crippen LogP contribution in [-0.2, 0) is 4.79 Å². The first-order chi connectivity index (χ1) is 9.53. The Bertz CT molecular complexity index is 360. The van der Waals surface area contributed by atoms with Gasteiger partial charge in [0.15, 0.2) is 0 Å². The molecule has 1 amide bonds. The van der Waals surface area contributed by atoms with Crippen LogP contribution >= 0.6 is 0 Å². The summed E-state index contributed by atoms with van der Waals surface area (Å²) in [6, 6.07) is 2.37. The van der Waals surface area contributed by atoms with Gasteiger partial charge < -0.3 is 4.90 Å². The average Bonchev–Trinajstić information content (AvgIpc) is 2.91. The molecule has 0 aromatic carbocycles. The van der Waals surface area contributed by atoms with Gasteiger partial charge in [0, 0.05) is 13.1 Å². The first kappa shape index (κ1) is 17.0. The molecule has 0 N–H and O–H groups in total. The molecule has 0 radical (unpaired) electrons. The van der Waals surface area contributed by atoms with E-state index < -0.39 is 5.41 Å². The highest BCUT2D eigenvalue weighted by molar-refractivity contribution is 5.85. The SMILES string of the molecule is CCCC(C#N)(CCC)C(=O)N1CCC(CC)(CC)C1. The Kier molecular flexibility index (Phi) is 6.05. The van der Waals surface area contributed by atoms with Crippen molar-refractivity contribution >= 4 is 5.91 Å². The van der Waals surface area contributed by atoms with Crippen molar-refractivity contribution in [3.8, 4) is 6.07 Å². The quantitative estimate of drug-likeness (QED) is 0.702. The summed E-state index contributed by atoms with van der Waals surface area (Å²) in [4.78, 5) is 14.9. The van der Waals surface area contributed by atoms with Crippen LogP contribution in [0.1, 0.15) is 72.6 Å². The van der Waals surface area contributed by atoms with E-state index >= 15 is 0 Å². The van der Waals surface area contributed by atoms with E-state index in [9.17, 15) is 10.1 Å². The van der Waals surface area contributed by atoms with Gasteiger partial charge in [0.1, 0.15) is 5.41 Å². The Balaban J connectivity index is 2.90. The van der Waals surface area contributed by atoms with Crippen LogP contribution in [0, 0.1) is 22.2 Å². The van der Waals surface area contributed by atoms with Gasteiger partial charge in [0.25, 0.3) is 0 Å². The lowest BCUT2D eigenvalue weighted by Gasteiger charge is -2.32. The Morgan fingerprint density at radius 2 is 1.75 bits per heavy atom. The summed E-state index contributed by atoms with van der Waals surface area (Å²) in [7, 11) is 0. The monoisotopic (exact) mass is 278 g/mol. The molecule has 1 fully saturated rings. The summed E-state index contributed by atoms with van der Waals surface area (Å²) in [5.41, 5.74) is -0.490. The lowest BCUT2D eigenvalue weighted by molar-refractivity contribution is -0.139. The van der Waals surface area contributed by atoms with Crippen LogP contribution in [0.3, 0.4) is 0 Å². The van der Waals surface area contributed by atoms with Gasteiger partial charge in [0.2, 0.25) is 5.91 Å². The molecule has 3 nitrogen and oxygen atoms in total. The molecule has 0 aromatic heterocycles. The minimum atomic E-state index is -0.777. The second kappa shape index (κ2) is 7.11. The summed E-state index contributed by atoms with van der Waals surface area (Å²) in [6.45, 7) is 10.2. The number of hydrogen-bond donors (Lipinski definition) is 0. The third kappa shape index (κ3) is 3.16. The van der Waals surface area contributed by atoms with Gasteiger partial charge >= 0.3 is 0 Å². The van der Waals surface area contributed by atoms with Crippen molar-refractivity contribution in [2.45, 2.75) is 72.6 Å². The van der Waals surface area contributed by atoms with Crippen molar-refractivity contribution in [3.63, 3.8) is 0 Å². The molecule has 20 heavy (non-hydrogen) atoms. The van der Waals surface area contributed by atoms with Crippen LogP contribution < -0.4 is 0 Å². The van der Waals surface area contributed by atoms with Crippen molar-refractivity contribution in [1.29, 1.82) is 5.26 Å². The summed E-state index contributed by atoms with van der Waals surface area (Å²) >= 11 is 0. The Hall–Kier alpha value is -1.04.